The minimum atomic E-state index is 0.618. The summed E-state index contributed by atoms with van der Waals surface area (Å²) < 4.78 is 1.34. The zero-order valence-electron chi connectivity index (χ0n) is 7.51. The van der Waals surface area contributed by atoms with Gasteiger partial charge in [0.25, 0.3) is 0 Å². The second-order valence-electron chi connectivity index (χ2n) is 3.08. The Morgan fingerprint density at radius 3 is 2.92 bits per heavy atom. The van der Waals surface area contributed by atoms with E-state index in [1.54, 1.807) is 11.3 Å². The van der Waals surface area contributed by atoms with Crippen molar-refractivity contribution in [3.8, 4) is 0 Å². The molecule has 0 atom stereocenters. The smallest absolute Gasteiger partial charge is 0.0488 e. The van der Waals surface area contributed by atoms with Gasteiger partial charge in [0.2, 0.25) is 0 Å². The molecular weight excluding hydrogens is 200 g/mol. The van der Waals surface area contributed by atoms with E-state index in [9.17, 15) is 0 Å². The molecule has 2 heteroatoms. The fourth-order valence-corrected chi connectivity index (χ4v) is 2.71. The molecule has 1 heterocycles. The molecule has 1 aromatic carbocycles. The van der Waals surface area contributed by atoms with E-state index in [-0.39, 0.29) is 0 Å². The van der Waals surface area contributed by atoms with E-state index in [4.69, 9.17) is 11.6 Å². The highest BCUT2D eigenvalue weighted by Crippen LogP contribution is 2.28. The van der Waals surface area contributed by atoms with Crippen molar-refractivity contribution in [2.24, 2.45) is 0 Å². The second kappa shape index (κ2) is 3.69. The van der Waals surface area contributed by atoms with E-state index < -0.39 is 0 Å². The highest BCUT2D eigenvalue weighted by Gasteiger charge is 2.02. The number of hydrogen-bond acceptors (Lipinski definition) is 1. The Morgan fingerprint density at radius 1 is 1.38 bits per heavy atom. The number of fused-ring (bicyclic) bond motifs is 1. The third kappa shape index (κ3) is 1.59. The summed E-state index contributed by atoms with van der Waals surface area (Å²) in [4.78, 5) is 0. The molecule has 68 valence electrons. The molecule has 0 spiro atoms. The van der Waals surface area contributed by atoms with Gasteiger partial charge in [-0.1, -0.05) is 19.1 Å². The Morgan fingerprint density at radius 2 is 2.23 bits per heavy atom. The molecule has 0 fully saturated rings. The van der Waals surface area contributed by atoms with Gasteiger partial charge < -0.3 is 0 Å². The van der Waals surface area contributed by atoms with Crippen LogP contribution in [0.25, 0.3) is 10.1 Å². The average Bonchev–Trinajstić information content (AvgIpc) is 2.59. The predicted octanol–water partition coefficient (Wildman–Crippen LogP) is 4.20. The molecule has 2 aromatic rings. The lowest BCUT2D eigenvalue weighted by Gasteiger charge is -1.97. The van der Waals surface area contributed by atoms with Crippen LogP contribution in [-0.4, -0.2) is 0 Å². The maximum absolute atomic E-state index is 5.85. The first-order valence-corrected chi connectivity index (χ1v) is 5.81. The zero-order valence-corrected chi connectivity index (χ0v) is 9.08. The molecule has 0 nitrogen and oxygen atoms in total. The van der Waals surface area contributed by atoms with Gasteiger partial charge in [0.1, 0.15) is 0 Å². The van der Waals surface area contributed by atoms with Gasteiger partial charge in [0, 0.05) is 10.6 Å². The van der Waals surface area contributed by atoms with Crippen molar-refractivity contribution in [3.05, 3.63) is 34.7 Å². The van der Waals surface area contributed by atoms with E-state index in [1.807, 2.05) is 0 Å². The number of hydrogen-bond donors (Lipinski definition) is 0. The Bertz CT molecular complexity index is 417. The quantitative estimate of drug-likeness (QED) is 0.652. The number of alkyl halides is 1. The van der Waals surface area contributed by atoms with Crippen molar-refractivity contribution >= 4 is 33.0 Å². The third-order valence-corrected chi connectivity index (χ3v) is 3.57. The minimum absolute atomic E-state index is 0.618. The topological polar surface area (TPSA) is 0 Å². The van der Waals surface area contributed by atoms with E-state index in [2.05, 4.69) is 30.5 Å². The molecule has 0 bridgehead atoms. The van der Waals surface area contributed by atoms with Gasteiger partial charge in [-0.05, 0) is 34.4 Å². The zero-order chi connectivity index (χ0) is 9.26. The first-order chi connectivity index (χ1) is 6.35. The Labute approximate surface area is 87.2 Å². The van der Waals surface area contributed by atoms with Crippen molar-refractivity contribution in [2.45, 2.75) is 19.2 Å². The normalized spacial score (nSPS) is 10.9. The summed E-state index contributed by atoms with van der Waals surface area (Å²) >= 11 is 7.62. The average molecular weight is 211 g/mol. The standard InChI is InChI=1S/C11H11ClS/c1-2-8-3-4-11-10(5-8)9(6-12)7-13-11/h3-5,7H,2,6H2,1H3. The molecule has 1 aromatic heterocycles. The Kier molecular flexibility index (Phi) is 2.56. The highest BCUT2D eigenvalue weighted by atomic mass is 35.5. The van der Waals surface area contributed by atoms with Crippen molar-refractivity contribution in [2.75, 3.05) is 0 Å². The van der Waals surface area contributed by atoms with E-state index in [0.29, 0.717) is 5.88 Å². The molecule has 0 amide bonds. The van der Waals surface area contributed by atoms with Crippen LogP contribution in [0.4, 0.5) is 0 Å². The van der Waals surface area contributed by atoms with Gasteiger partial charge in [-0.15, -0.1) is 22.9 Å². The Balaban J connectivity index is 2.64. The molecule has 0 N–H and O–H groups in total. The predicted molar refractivity (Wildman–Crippen MR) is 60.8 cm³/mol. The van der Waals surface area contributed by atoms with E-state index >= 15 is 0 Å². The largest absolute Gasteiger partial charge is 0.143 e. The van der Waals surface area contributed by atoms with Crippen LogP contribution in [0.15, 0.2) is 23.6 Å². The molecule has 13 heavy (non-hydrogen) atoms. The van der Waals surface area contributed by atoms with Crippen molar-refractivity contribution in [1.82, 2.24) is 0 Å². The van der Waals surface area contributed by atoms with Crippen LogP contribution in [0.5, 0.6) is 0 Å². The van der Waals surface area contributed by atoms with Crippen molar-refractivity contribution in [1.29, 1.82) is 0 Å². The summed E-state index contributed by atoms with van der Waals surface area (Å²) in [6, 6.07) is 6.63. The van der Waals surface area contributed by atoms with Gasteiger partial charge in [-0.2, -0.15) is 0 Å². The van der Waals surface area contributed by atoms with Crippen LogP contribution in [0.3, 0.4) is 0 Å². The number of aryl methyl sites for hydroxylation is 1. The maximum Gasteiger partial charge on any atom is 0.0488 e. The molecule has 0 aliphatic heterocycles. The number of halogens is 1. The minimum Gasteiger partial charge on any atom is -0.143 e. The number of rotatable bonds is 2. The van der Waals surface area contributed by atoms with Crippen molar-refractivity contribution < 1.29 is 0 Å². The van der Waals surface area contributed by atoms with E-state index in [0.717, 1.165) is 6.42 Å². The van der Waals surface area contributed by atoms with Gasteiger partial charge >= 0.3 is 0 Å². The molecule has 0 aliphatic carbocycles. The summed E-state index contributed by atoms with van der Waals surface area (Å²) in [7, 11) is 0. The highest BCUT2D eigenvalue weighted by molar-refractivity contribution is 7.17. The summed E-state index contributed by atoms with van der Waals surface area (Å²) in [6.45, 7) is 2.17. The Hall–Kier alpha value is -0.530. The molecule has 0 saturated carbocycles. The first-order valence-electron chi connectivity index (χ1n) is 4.40. The second-order valence-corrected chi connectivity index (χ2v) is 4.26. The van der Waals surface area contributed by atoms with Crippen LogP contribution in [-0.2, 0) is 12.3 Å². The molecule has 0 aliphatic rings. The number of thiophene rings is 1. The molecule has 0 unspecified atom stereocenters. The fraction of sp³-hybridized carbons (Fsp3) is 0.273. The van der Waals surface area contributed by atoms with Gasteiger partial charge in [-0.25, -0.2) is 0 Å². The lowest BCUT2D eigenvalue weighted by atomic mass is 10.1. The van der Waals surface area contributed by atoms with Gasteiger partial charge in [-0.3, -0.25) is 0 Å². The SMILES string of the molecule is CCc1ccc2scc(CCl)c2c1. The van der Waals surface area contributed by atoms with Crippen molar-refractivity contribution in [3.63, 3.8) is 0 Å². The van der Waals surface area contributed by atoms with Gasteiger partial charge in [0.05, 0.1) is 0 Å². The molecular formula is C11H11ClS. The van der Waals surface area contributed by atoms with Crippen LogP contribution in [0, 0.1) is 0 Å². The number of benzene rings is 1. The summed E-state index contributed by atoms with van der Waals surface area (Å²) in [5.41, 5.74) is 2.65. The van der Waals surface area contributed by atoms with E-state index in [1.165, 1.54) is 21.2 Å². The summed E-state index contributed by atoms with van der Waals surface area (Å²) in [5.74, 6) is 0.618. The molecule has 0 saturated heterocycles. The molecule has 2 rings (SSSR count). The summed E-state index contributed by atoms with van der Waals surface area (Å²) in [5, 5.41) is 3.48. The third-order valence-electron chi connectivity index (χ3n) is 2.27. The maximum atomic E-state index is 5.85. The lowest BCUT2D eigenvalue weighted by molar-refractivity contribution is 1.15. The lowest BCUT2D eigenvalue weighted by Crippen LogP contribution is -1.79. The first kappa shape index (κ1) is 9.04. The van der Waals surface area contributed by atoms with Crippen LogP contribution < -0.4 is 0 Å². The molecule has 0 radical (unpaired) electrons. The monoisotopic (exact) mass is 210 g/mol. The van der Waals surface area contributed by atoms with Crippen LogP contribution in [0.1, 0.15) is 18.1 Å². The summed E-state index contributed by atoms with van der Waals surface area (Å²) in [6.07, 6.45) is 1.09. The van der Waals surface area contributed by atoms with Gasteiger partial charge in [0.15, 0.2) is 0 Å². The van der Waals surface area contributed by atoms with Crippen LogP contribution in [0.2, 0.25) is 0 Å². The fourth-order valence-electron chi connectivity index (χ4n) is 1.45. The van der Waals surface area contributed by atoms with Crippen LogP contribution >= 0.6 is 22.9 Å².